The summed E-state index contributed by atoms with van der Waals surface area (Å²) in [5, 5.41) is 9.34. The van der Waals surface area contributed by atoms with E-state index < -0.39 is 11.7 Å². The van der Waals surface area contributed by atoms with Crippen LogP contribution in [0.1, 0.15) is 24.4 Å². The lowest BCUT2D eigenvalue weighted by atomic mass is 10.3. The minimum atomic E-state index is -4.47. The molecule has 6 nitrogen and oxygen atoms in total. The lowest BCUT2D eigenvalue weighted by Crippen LogP contribution is -2.38. The topological polar surface area (TPSA) is 56.1 Å². The fraction of sp³-hybridized carbons (Fsp3) is 0.533. The Kier molecular flexibility index (Phi) is 4.74. The van der Waals surface area contributed by atoms with Crippen LogP contribution in [0.3, 0.4) is 0 Å². The number of anilines is 1. The summed E-state index contributed by atoms with van der Waals surface area (Å²) in [4.78, 5) is 5.99. The van der Waals surface area contributed by atoms with Gasteiger partial charge in [0.25, 0.3) is 0 Å². The molecule has 0 amide bonds. The van der Waals surface area contributed by atoms with Crippen molar-refractivity contribution in [2.24, 2.45) is 0 Å². The van der Waals surface area contributed by atoms with Crippen molar-refractivity contribution in [3.8, 4) is 0 Å². The molecule has 0 radical (unpaired) electrons. The zero-order valence-corrected chi connectivity index (χ0v) is 15.1. The number of hydrogen-bond donors (Lipinski definition) is 0. The van der Waals surface area contributed by atoms with Crippen LogP contribution in [0.5, 0.6) is 0 Å². The van der Waals surface area contributed by atoms with Crippen molar-refractivity contribution >= 4 is 29.3 Å². The third-order valence-corrected chi connectivity index (χ3v) is 5.55. The van der Waals surface area contributed by atoms with Crippen LogP contribution >= 0.6 is 23.4 Å². The summed E-state index contributed by atoms with van der Waals surface area (Å²) in [5.41, 5.74) is -0.871. The number of alkyl halides is 3. The van der Waals surface area contributed by atoms with Crippen molar-refractivity contribution < 1.29 is 17.9 Å². The van der Waals surface area contributed by atoms with Crippen LogP contribution in [-0.4, -0.2) is 46.1 Å². The lowest BCUT2D eigenvalue weighted by molar-refractivity contribution is -0.137. The zero-order valence-electron chi connectivity index (χ0n) is 13.5. The van der Waals surface area contributed by atoms with Gasteiger partial charge in [0, 0.05) is 25.3 Å². The van der Waals surface area contributed by atoms with Crippen LogP contribution in [0, 0.1) is 0 Å². The number of pyridine rings is 1. The van der Waals surface area contributed by atoms with Gasteiger partial charge in [0.05, 0.1) is 23.8 Å². The van der Waals surface area contributed by atoms with Gasteiger partial charge in [0.15, 0.2) is 5.16 Å². The highest BCUT2D eigenvalue weighted by Gasteiger charge is 2.34. The Labute approximate surface area is 156 Å². The van der Waals surface area contributed by atoms with Gasteiger partial charge in [-0.3, -0.25) is 4.57 Å². The van der Waals surface area contributed by atoms with Gasteiger partial charge in [-0.1, -0.05) is 11.6 Å². The molecular weight excluding hydrogens is 391 g/mol. The Morgan fingerprint density at radius 1 is 1.19 bits per heavy atom. The molecule has 3 heterocycles. The number of rotatable bonds is 4. The van der Waals surface area contributed by atoms with Crippen LogP contribution < -0.4 is 4.90 Å². The fourth-order valence-electron chi connectivity index (χ4n) is 2.71. The molecule has 1 aliphatic carbocycles. The summed E-state index contributed by atoms with van der Waals surface area (Å²) in [6.07, 6.45) is -1.64. The van der Waals surface area contributed by atoms with Crippen molar-refractivity contribution in [2.75, 3.05) is 31.2 Å². The number of ether oxygens (including phenoxy) is 1. The molecule has 0 N–H and O–H groups in total. The third-order valence-electron chi connectivity index (χ3n) is 4.18. The van der Waals surface area contributed by atoms with Crippen molar-refractivity contribution in [2.45, 2.75) is 35.2 Å². The number of aromatic nitrogens is 4. The van der Waals surface area contributed by atoms with Gasteiger partial charge < -0.3 is 9.64 Å². The highest BCUT2D eigenvalue weighted by molar-refractivity contribution is 7.99. The molecule has 2 aromatic heterocycles. The van der Waals surface area contributed by atoms with Gasteiger partial charge in [-0.2, -0.15) is 13.2 Å². The molecule has 4 rings (SSSR count). The third kappa shape index (κ3) is 3.63. The van der Waals surface area contributed by atoms with E-state index in [4.69, 9.17) is 16.3 Å². The molecule has 1 saturated carbocycles. The van der Waals surface area contributed by atoms with Crippen molar-refractivity contribution in [3.05, 3.63) is 22.8 Å². The van der Waals surface area contributed by atoms with Crippen LogP contribution in [0.2, 0.25) is 5.02 Å². The first-order valence-corrected chi connectivity index (χ1v) is 9.31. The second-order valence-electron chi connectivity index (χ2n) is 6.09. The highest BCUT2D eigenvalue weighted by Crippen LogP contribution is 2.43. The molecule has 0 bridgehead atoms. The first-order valence-electron chi connectivity index (χ1n) is 8.11. The Balaban J connectivity index is 1.61. The van der Waals surface area contributed by atoms with E-state index in [2.05, 4.69) is 20.1 Å². The highest BCUT2D eigenvalue weighted by atomic mass is 35.5. The molecule has 0 spiro atoms. The summed E-state index contributed by atoms with van der Waals surface area (Å²) in [7, 11) is 0. The van der Waals surface area contributed by atoms with Gasteiger partial charge in [-0.15, -0.1) is 10.2 Å². The predicted molar refractivity (Wildman–Crippen MR) is 89.7 cm³/mol. The average Bonchev–Trinajstić information content (AvgIpc) is 3.37. The van der Waals surface area contributed by atoms with E-state index in [0.717, 1.165) is 55.9 Å². The molecule has 1 saturated heterocycles. The minimum absolute atomic E-state index is 0.0527. The Hall–Kier alpha value is -1.52. The maximum Gasteiger partial charge on any atom is 0.417 e. The molecule has 26 heavy (non-hydrogen) atoms. The van der Waals surface area contributed by atoms with Crippen LogP contribution in [-0.2, 0) is 10.9 Å². The van der Waals surface area contributed by atoms with Crippen molar-refractivity contribution in [1.29, 1.82) is 0 Å². The SMILES string of the molecule is FC(F)(F)c1cnc(Sc2nnc(N3CCOCC3)n2C2CC2)c(Cl)c1. The largest absolute Gasteiger partial charge is 0.417 e. The first kappa shape index (κ1) is 17.9. The Morgan fingerprint density at radius 3 is 2.54 bits per heavy atom. The predicted octanol–water partition coefficient (Wildman–Crippen LogP) is 3.67. The smallest absolute Gasteiger partial charge is 0.378 e. The molecule has 1 aliphatic heterocycles. The van der Waals surface area contributed by atoms with E-state index in [9.17, 15) is 13.2 Å². The van der Waals surface area contributed by atoms with E-state index in [1.54, 1.807) is 0 Å². The maximum absolute atomic E-state index is 12.8. The number of hydrogen-bond acceptors (Lipinski definition) is 6. The first-order chi connectivity index (χ1) is 12.4. The Morgan fingerprint density at radius 2 is 1.92 bits per heavy atom. The summed E-state index contributed by atoms with van der Waals surface area (Å²) >= 11 is 7.16. The molecule has 2 aliphatic rings. The number of halogens is 4. The molecule has 0 atom stereocenters. The van der Waals surface area contributed by atoms with Crippen LogP contribution in [0.4, 0.5) is 19.1 Å². The fourth-order valence-corrected chi connectivity index (χ4v) is 3.84. The summed E-state index contributed by atoms with van der Waals surface area (Å²) < 4.78 is 45.7. The number of morpholine rings is 1. The standard InChI is InChI=1S/C15H15ClF3N5OS/c16-11-7-9(15(17,18)19)8-20-12(11)26-14-22-21-13(24(14)10-1-2-10)23-3-5-25-6-4-23/h7-8,10H,1-6H2. The van der Waals surface area contributed by atoms with Crippen molar-refractivity contribution in [1.82, 2.24) is 19.7 Å². The van der Waals surface area contributed by atoms with E-state index in [0.29, 0.717) is 24.4 Å². The molecule has 140 valence electrons. The molecule has 2 aromatic rings. The second-order valence-corrected chi connectivity index (χ2v) is 7.46. The zero-order chi connectivity index (χ0) is 18.3. The van der Waals surface area contributed by atoms with Gasteiger partial charge in [0.2, 0.25) is 5.95 Å². The Bertz CT molecular complexity index is 805. The monoisotopic (exact) mass is 405 g/mol. The van der Waals surface area contributed by atoms with E-state index in [1.165, 1.54) is 0 Å². The average molecular weight is 406 g/mol. The molecule has 2 fully saturated rings. The summed E-state index contributed by atoms with van der Waals surface area (Å²) in [5.74, 6) is 0.765. The summed E-state index contributed by atoms with van der Waals surface area (Å²) in [6.45, 7) is 2.72. The lowest BCUT2D eigenvalue weighted by Gasteiger charge is -2.27. The second kappa shape index (κ2) is 6.90. The van der Waals surface area contributed by atoms with E-state index >= 15 is 0 Å². The summed E-state index contributed by atoms with van der Waals surface area (Å²) in [6, 6.07) is 1.19. The molecule has 0 aromatic carbocycles. The maximum atomic E-state index is 12.8. The van der Waals surface area contributed by atoms with Crippen molar-refractivity contribution in [3.63, 3.8) is 0 Å². The van der Waals surface area contributed by atoms with Crippen LogP contribution in [0.15, 0.2) is 22.4 Å². The molecule has 11 heteroatoms. The van der Waals surface area contributed by atoms with E-state index in [-0.39, 0.29) is 10.0 Å². The van der Waals surface area contributed by atoms with E-state index in [1.807, 2.05) is 4.57 Å². The van der Waals surface area contributed by atoms with Gasteiger partial charge >= 0.3 is 6.18 Å². The normalized spacial score (nSPS) is 18.4. The van der Waals surface area contributed by atoms with Gasteiger partial charge in [-0.25, -0.2) is 4.98 Å². The minimum Gasteiger partial charge on any atom is -0.378 e. The van der Waals surface area contributed by atoms with Gasteiger partial charge in [0.1, 0.15) is 5.03 Å². The molecule has 0 unspecified atom stereocenters. The quantitative estimate of drug-likeness (QED) is 0.773. The number of nitrogens with zero attached hydrogens (tertiary/aromatic N) is 5. The van der Waals surface area contributed by atoms with Crippen LogP contribution in [0.25, 0.3) is 0 Å². The molecular formula is C15H15ClF3N5OS. The van der Waals surface area contributed by atoms with Gasteiger partial charge in [-0.05, 0) is 30.7 Å².